The molecule has 1 aromatic rings. The molecule has 4 heteroatoms. The highest BCUT2D eigenvalue weighted by Crippen LogP contribution is 2.20. The molecule has 2 atom stereocenters. The topological polar surface area (TPSA) is 38.5 Å². The number of hydrogen-bond donors (Lipinski definition) is 1. The molecule has 0 aliphatic carbocycles. The summed E-state index contributed by atoms with van der Waals surface area (Å²) in [4.78, 5) is 2.27. The van der Waals surface area contributed by atoms with E-state index in [1.807, 2.05) is 18.2 Å². The molecule has 0 bridgehead atoms. The Kier molecular flexibility index (Phi) is 5.01. The Morgan fingerprint density at radius 1 is 1.39 bits per heavy atom. The van der Waals surface area contributed by atoms with Crippen LogP contribution in [-0.4, -0.2) is 37.2 Å². The quantitative estimate of drug-likeness (QED) is 0.890. The van der Waals surface area contributed by atoms with Crippen molar-refractivity contribution in [3.05, 3.63) is 34.9 Å². The summed E-state index contributed by atoms with van der Waals surface area (Å²) in [6.07, 6.45) is 2.78. The van der Waals surface area contributed by atoms with Gasteiger partial charge in [-0.05, 0) is 37.6 Å². The van der Waals surface area contributed by atoms with Crippen LogP contribution in [0.3, 0.4) is 0 Å². The molecule has 1 aliphatic heterocycles. The van der Waals surface area contributed by atoms with Crippen LogP contribution >= 0.6 is 11.6 Å². The second-order valence-corrected chi connectivity index (χ2v) is 5.46. The summed E-state index contributed by atoms with van der Waals surface area (Å²) in [6.45, 7) is 2.48. The molecule has 0 spiro atoms. The molecule has 1 heterocycles. The van der Waals surface area contributed by atoms with Crippen molar-refractivity contribution in [3.63, 3.8) is 0 Å². The lowest BCUT2D eigenvalue weighted by Crippen LogP contribution is -2.30. The van der Waals surface area contributed by atoms with Gasteiger partial charge in [-0.2, -0.15) is 0 Å². The second-order valence-electron chi connectivity index (χ2n) is 5.02. The van der Waals surface area contributed by atoms with E-state index in [2.05, 4.69) is 18.0 Å². The van der Waals surface area contributed by atoms with Crippen molar-refractivity contribution in [2.24, 2.45) is 5.73 Å². The summed E-state index contributed by atoms with van der Waals surface area (Å²) in [5, 5.41) is 0.793. The number of benzene rings is 1. The molecule has 100 valence electrons. The molecule has 2 N–H and O–H groups in total. The van der Waals surface area contributed by atoms with Crippen molar-refractivity contribution in [2.75, 3.05) is 20.1 Å². The van der Waals surface area contributed by atoms with Crippen LogP contribution in [0.2, 0.25) is 5.02 Å². The average Bonchev–Trinajstić information content (AvgIpc) is 2.76. The first-order chi connectivity index (χ1) is 8.67. The Bertz CT molecular complexity index is 386. The minimum atomic E-state index is 0.259. The van der Waals surface area contributed by atoms with Gasteiger partial charge in [0, 0.05) is 24.7 Å². The molecule has 0 saturated carbocycles. The number of rotatable bonds is 5. The van der Waals surface area contributed by atoms with Crippen LogP contribution in [0, 0.1) is 0 Å². The van der Waals surface area contributed by atoms with Crippen molar-refractivity contribution in [1.29, 1.82) is 0 Å². The van der Waals surface area contributed by atoms with E-state index < -0.39 is 0 Å². The fraction of sp³-hybridized carbons (Fsp3) is 0.571. The number of nitrogens with two attached hydrogens (primary N) is 1. The summed E-state index contributed by atoms with van der Waals surface area (Å²) < 4.78 is 5.85. The van der Waals surface area contributed by atoms with E-state index in [4.69, 9.17) is 22.1 Å². The Morgan fingerprint density at radius 3 is 2.83 bits per heavy atom. The molecule has 2 unspecified atom stereocenters. The van der Waals surface area contributed by atoms with Crippen molar-refractivity contribution >= 4 is 11.6 Å². The molecule has 1 aromatic carbocycles. The third-order valence-electron chi connectivity index (χ3n) is 3.32. The summed E-state index contributed by atoms with van der Waals surface area (Å²) in [7, 11) is 2.11. The van der Waals surface area contributed by atoms with Gasteiger partial charge in [0.1, 0.15) is 0 Å². The zero-order valence-corrected chi connectivity index (χ0v) is 11.6. The number of ether oxygens (including phenoxy) is 1. The summed E-state index contributed by atoms with van der Waals surface area (Å²) >= 11 is 5.98. The van der Waals surface area contributed by atoms with Crippen molar-refractivity contribution in [1.82, 2.24) is 4.90 Å². The summed E-state index contributed by atoms with van der Waals surface area (Å²) in [6, 6.07) is 8.00. The van der Waals surface area contributed by atoms with E-state index in [1.54, 1.807) is 0 Å². The second kappa shape index (κ2) is 6.53. The first-order valence-corrected chi connectivity index (χ1v) is 6.83. The molecule has 1 fully saturated rings. The zero-order valence-electron chi connectivity index (χ0n) is 10.8. The maximum Gasteiger partial charge on any atom is 0.0707 e. The van der Waals surface area contributed by atoms with Crippen molar-refractivity contribution in [3.8, 4) is 0 Å². The molecule has 0 aromatic heterocycles. The first-order valence-electron chi connectivity index (χ1n) is 6.46. The van der Waals surface area contributed by atoms with Crippen LogP contribution in [0.5, 0.6) is 0 Å². The van der Waals surface area contributed by atoms with Gasteiger partial charge in [0.25, 0.3) is 0 Å². The predicted octanol–water partition coefficient (Wildman–Crippen LogP) is 2.28. The van der Waals surface area contributed by atoms with Crippen molar-refractivity contribution in [2.45, 2.75) is 31.6 Å². The van der Waals surface area contributed by atoms with E-state index >= 15 is 0 Å². The normalized spacial score (nSPS) is 23.8. The molecule has 18 heavy (non-hydrogen) atoms. The minimum absolute atomic E-state index is 0.259. The maximum atomic E-state index is 5.98. The highest BCUT2D eigenvalue weighted by molar-refractivity contribution is 6.30. The lowest BCUT2D eigenvalue weighted by molar-refractivity contribution is 0.0306. The molecule has 1 saturated heterocycles. The van der Waals surface area contributed by atoms with Gasteiger partial charge >= 0.3 is 0 Å². The molecular formula is C14H21ClN2O. The number of nitrogens with zero attached hydrogens (tertiary/aromatic N) is 1. The van der Waals surface area contributed by atoms with E-state index in [-0.39, 0.29) is 6.10 Å². The Morgan fingerprint density at radius 2 is 2.17 bits per heavy atom. The third-order valence-corrected chi connectivity index (χ3v) is 3.55. The molecule has 0 amide bonds. The van der Waals surface area contributed by atoms with E-state index in [1.165, 1.54) is 5.56 Å². The van der Waals surface area contributed by atoms with Gasteiger partial charge in [0.15, 0.2) is 0 Å². The number of likely N-dealkylation sites (N-methyl/N-ethyl adjacent to an activating group) is 1. The number of hydrogen-bond acceptors (Lipinski definition) is 3. The fourth-order valence-corrected chi connectivity index (χ4v) is 2.66. The monoisotopic (exact) mass is 268 g/mol. The van der Waals surface area contributed by atoms with E-state index in [0.29, 0.717) is 12.6 Å². The minimum Gasteiger partial charge on any atom is -0.372 e. The van der Waals surface area contributed by atoms with Crippen molar-refractivity contribution < 1.29 is 4.74 Å². The summed E-state index contributed by atoms with van der Waals surface area (Å²) in [5.41, 5.74) is 6.85. The van der Waals surface area contributed by atoms with Crippen LogP contribution < -0.4 is 5.73 Å². The van der Waals surface area contributed by atoms with Crippen LogP contribution in [-0.2, 0) is 11.3 Å². The van der Waals surface area contributed by atoms with Gasteiger partial charge in [0.2, 0.25) is 0 Å². The van der Waals surface area contributed by atoms with Gasteiger partial charge in [-0.3, -0.25) is 4.90 Å². The van der Waals surface area contributed by atoms with Crippen LogP contribution in [0.1, 0.15) is 18.4 Å². The first kappa shape index (κ1) is 13.8. The van der Waals surface area contributed by atoms with Crippen LogP contribution in [0.15, 0.2) is 24.3 Å². The van der Waals surface area contributed by atoms with Gasteiger partial charge < -0.3 is 10.5 Å². The third kappa shape index (κ3) is 3.95. The molecular weight excluding hydrogens is 248 g/mol. The molecule has 3 nitrogen and oxygen atoms in total. The van der Waals surface area contributed by atoms with Gasteiger partial charge in [0.05, 0.1) is 12.2 Å². The highest BCUT2D eigenvalue weighted by Gasteiger charge is 2.24. The zero-order chi connectivity index (χ0) is 13.0. The van der Waals surface area contributed by atoms with Crippen LogP contribution in [0.4, 0.5) is 0 Å². The van der Waals surface area contributed by atoms with Gasteiger partial charge in [-0.25, -0.2) is 0 Å². The lowest BCUT2D eigenvalue weighted by Gasteiger charge is -2.21. The van der Waals surface area contributed by atoms with Gasteiger partial charge in [-0.1, -0.05) is 23.7 Å². The predicted molar refractivity (Wildman–Crippen MR) is 74.7 cm³/mol. The molecule has 1 aliphatic rings. The molecule has 0 radical (unpaired) electrons. The number of halogens is 1. The fourth-order valence-electron chi connectivity index (χ4n) is 2.45. The molecule has 2 rings (SSSR count). The summed E-state index contributed by atoms with van der Waals surface area (Å²) in [5.74, 6) is 0. The standard InChI is InChI=1S/C14H21ClN2O/c1-17(9-11-3-2-4-12(15)7-11)10-14-6-5-13(8-16)18-14/h2-4,7,13-14H,5-6,8-10,16H2,1H3. The largest absolute Gasteiger partial charge is 0.372 e. The van der Waals surface area contributed by atoms with Gasteiger partial charge in [-0.15, -0.1) is 0 Å². The Balaban J connectivity index is 1.80. The Labute approximate surface area is 114 Å². The maximum absolute atomic E-state index is 5.98. The van der Waals surface area contributed by atoms with E-state index in [0.717, 1.165) is 31.0 Å². The van der Waals surface area contributed by atoms with Crippen LogP contribution in [0.25, 0.3) is 0 Å². The smallest absolute Gasteiger partial charge is 0.0707 e. The SMILES string of the molecule is CN(Cc1cccc(Cl)c1)CC1CCC(CN)O1. The highest BCUT2D eigenvalue weighted by atomic mass is 35.5. The Hall–Kier alpha value is -0.610. The average molecular weight is 269 g/mol. The lowest BCUT2D eigenvalue weighted by atomic mass is 10.1. The van der Waals surface area contributed by atoms with E-state index in [9.17, 15) is 0 Å².